The van der Waals surface area contributed by atoms with Gasteiger partial charge in [0.2, 0.25) is 0 Å². The maximum absolute atomic E-state index is 11.8. The summed E-state index contributed by atoms with van der Waals surface area (Å²) in [6.07, 6.45) is 1.38. The van der Waals surface area contributed by atoms with E-state index in [4.69, 9.17) is 4.74 Å². The van der Waals surface area contributed by atoms with Gasteiger partial charge in [-0.25, -0.2) is 4.79 Å². The summed E-state index contributed by atoms with van der Waals surface area (Å²) in [5.74, 6) is -0.529. The molecule has 0 spiro atoms. The SMILES string of the molecule is CCC(C)(C)C(=O)OCCc1ccc(C(=O)OC)cc1. The fourth-order valence-corrected chi connectivity index (χ4v) is 1.53. The summed E-state index contributed by atoms with van der Waals surface area (Å²) in [5.41, 5.74) is 1.09. The second-order valence-corrected chi connectivity index (χ2v) is 5.31. The maximum atomic E-state index is 11.8. The molecule has 0 atom stereocenters. The van der Waals surface area contributed by atoms with Gasteiger partial charge in [-0.2, -0.15) is 0 Å². The van der Waals surface area contributed by atoms with Crippen LogP contribution in [-0.4, -0.2) is 25.7 Å². The van der Waals surface area contributed by atoms with Crippen molar-refractivity contribution in [3.05, 3.63) is 35.4 Å². The standard InChI is InChI=1S/C16H22O4/c1-5-16(2,3)15(18)20-11-10-12-6-8-13(9-7-12)14(17)19-4/h6-9H,5,10-11H2,1-4H3. The van der Waals surface area contributed by atoms with Gasteiger partial charge < -0.3 is 9.47 Å². The van der Waals surface area contributed by atoms with Gasteiger partial charge in [0.05, 0.1) is 24.7 Å². The zero-order valence-corrected chi connectivity index (χ0v) is 12.6. The number of carbonyl (C=O) groups is 2. The highest BCUT2D eigenvalue weighted by molar-refractivity contribution is 5.89. The van der Waals surface area contributed by atoms with E-state index < -0.39 is 5.41 Å². The Morgan fingerprint density at radius 1 is 1.15 bits per heavy atom. The third-order valence-electron chi connectivity index (χ3n) is 3.44. The van der Waals surface area contributed by atoms with Gasteiger partial charge >= 0.3 is 11.9 Å². The van der Waals surface area contributed by atoms with E-state index in [1.807, 2.05) is 32.9 Å². The van der Waals surface area contributed by atoms with E-state index in [1.165, 1.54) is 7.11 Å². The Labute approximate surface area is 120 Å². The first-order valence-corrected chi connectivity index (χ1v) is 6.75. The lowest BCUT2D eigenvalue weighted by atomic mass is 9.91. The molecule has 1 aromatic rings. The van der Waals surface area contributed by atoms with Crippen molar-refractivity contribution in [3.8, 4) is 0 Å². The molecule has 0 bridgehead atoms. The van der Waals surface area contributed by atoms with Crippen LogP contribution in [0.3, 0.4) is 0 Å². The van der Waals surface area contributed by atoms with Crippen LogP contribution in [-0.2, 0) is 20.7 Å². The second kappa shape index (κ2) is 7.08. The van der Waals surface area contributed by atoms with E-state index in [0.29, 0.717) is 18.6 Å². The van der Waals surface area contributed by atoms with Crippen LogP contribution in [0, 0.1) is 5.41 Å². The minimum Gasteiger partial charge on any atom is -0.465 e. The molecule has 4 heteroatoms. The topological polar surface area (TPSA) is 52.6 Å². The first-order valence-electron chi connectivity index (χ1n) is 6.75. The molecule has 0 saturated heterocycles. The molecule has 0 radical (unpaired) electrons. The number of esters is 2. The molecule has 110 valence electrons. The van der Waals surface area contributed by atoms with Crippen LogP contribution in [0.25, 0.3) is 0 Å². The number of benzene rings is 1. The van der Waals surface area contributed by atoms with Gasteiger partial charge in [-0.3, -0.25) is 4.79 Å². The molecule has 20 heavy (non-hydrogen) atoms. The van der Waals surface area contributed by atoms with Gasteiger partial charge in [-0.05, 0) is 38.0 Å². The third-order valence-corrected chi connectivity index (χ3v) is 3.44. The Morgan fingerprint density at radius 2 is 1.75 bits per heavy atom. The van der Waals surface area contributed by atoms with Gasteiger partial charge in [0, 0.05) is 6.42 Å². The van der Waals surface area contributed by atoms with Crippen molar-refractivity contribution in [2.45, 2.75) is 33.6 Å². The second-order valence-electron chi connectivity index (χ2n) is 5.31. The Balaban J connectivity index is 2.47. The van der Waals surface area contributed by atoms with Crippen molar-refractivity contribution in [1.29, 1.82) is 0 Å². The highest BCUT2D eigenvalue weighted by atomic mass is 16.5. The molecule has 0 aliphatic carbocycles. The van der Waals surface area contributed by atoms with E-state index in [9.17, 15) is 9.59 Å². The normalized spacial score (nSPS) is 11.0. The molecule has 0 N–H and O–H groups in total. The van der Waals surface area contributed by atoms with Crippen LogP contribution < -0.4 is 0 Å². The summed E-state index contributed by atoms with van der Waals surface area (Å²) in [4.78, 5) is 23.1. The highest BCUT2D eigenvalue weighted by Gasteiger charge is 2.26. The van der Waals surface area contributed by atoms with Gasteiger partial charge in [-0.15, -0.1) is 0 Å². The number of methoxy groups -OCH3 is 1. The maximum Gasteiger partial charge on any atom is 0.337 e. The first-order chi connectivity index (χ1) is 9.40. The molecule has 4 nitrogen and oxygen atoms in total. The predicted octanol–water partition coefficient (Wildman–Crippen LogP) is 3.00. The quantitative estimate of drug-likeness (QED) is 0.751. The highest BCUT2D eigenvalue weighted by Crippen LogP contribution is 2.21. The van der Waals surface area contributed by atoms with Crippen molar-refractivity contribution in [2.24, 2.45) is 5.41 Å². The largest absolute Gasteiger partial charge is 0.465 e. The minimum atomic E-state index is -0.436. The summed E-state index contributed by atoms with van der Waals surface area (Å²) in [6.45, 7) is 6.06. The Morgan fingerprint density at radius 3 is 2.25 bits per heavy atom. The molecule has 0 saturated carbocycles. The molecule has 0 aliphatic heterocycles. The Hall–Kier alpha value is -1.84. The van der Waals surface area contributed by atoms with Crippen LogP contribution in [0.1, 0.15) is 43.1 Å². The average molecular weight is 278 g/mol. The summed E-state index contributed by atoms with van der Waals surface area (Å²) in [5, 5.41) is 0. The number of carbonyl (C=O) groups excluding carboxylic acids is 2. The number of ether oxygens (including phenoxy) is 2. The Bertz CT molecular complexity index is 460. The summed E-state index contributed by atoms with van der Waals surface area (Å²) in [6, 6.07) is 7.09. The number of hydrogen-bond donors (Lipinski definition) is 0. The van der Waals surface area contributed by atoms with Crippen molar-refractivity contribution in [3.63, 3.8) is 0 Å². The van der Waals surface area contributed by atoms with Crippen LogP contribution in [0.5, 0.6) is 0 Å². The molecule has 0 aromatic heterocycles. The average Bonchev–Trinajstić information content (AvgIpc) is 2.47. The zero-order chi connectivity index (χ0) is 15.2. The van der Waals surface area contributed by atoms with Crippen LogP contribution >= 0.6 is 0 Å². The molecule has 0 unspecified atom stereocenters. The lowest BCUT2D eigenvalue weighted by Gasteiger charge is -2.20. The van der Waals surface area contributed by atoms with Crippen LogP contribution in [0.2, 0.25) is 0 Å². The third kappa shape index (κ3) is 4.37. The van der Waals surface area contributed by atoms with Crippen molar-refractivity contribution >= 4 is 11.9 Å². The zero-order valence-electron chi connectivity index (χ0n) is 12.6. The van der Waals surface area contributed by atoms with Crippen molar-refractivity contribution in [1.82, 2.24) is 0 Å². The summed E-state index contributed by atoms with van der Waals surface area (Å²) in [7, 11) is 1.35. The molecule has 1 aromatic carbocycles. The smallest absolute Gasteiger partial charge is 0.337 e. The van der Waals surface area contributed by atoms with E-state index in [-0.39, 0.29) is 11.9 Å². The Kier molecular flexibility index (Phi) is 5.74. The monoisotopic (exact) mass is 278 g/mol. The van der Waals surface area contributed by atoms with E-state index in [2.05, 4.69) is 4.74 Å². The molecule has 0 fully saturated rings. The molecule has 1 rings (SSSR count). The fourth-order valence-electron chi connectivity index (χ4n) is 1.53. The fraction of sp³-hybridized carbons (Fsp3) is 0.500. The van der Waals surface area contributed by atoms with Gasteiger partial charge in [-0.1, -0.05) is 19.1 Å². The molecule has 0 amide bonds. The van der Waals surface area contributed by atoms with Crippen LogP contribution in [0.4, 0.5) is 0 Å². The summed E-state index contributed by atoms with van der Waals surface area (Å²) < 4.78 is 9.90. The van der Waals surface area contributed by atoms with E-state index in [0.717, 1.165) is 12.0 Å². The van der Waals surface area contributed by atoms with Gasteiger partial charge in [0.1, 0.15) is 0 Å². The lowest BCUT2D eigenvalue weighted by Crippen LogP contribution is -2.26. The van der Waals surface area contributed by atoms with E-state index in [1.54, 1.807) is 12.1 Å². The van der Waals surface area contributed by atoms with Gasteiger partial charge in [0.25, 0.3) is 0 Å². The lowest BCUT2D eigenvalue weighted by molar-refractivity contribution is -0.154. The molecular formula is C16H22O4. The molecule has 0 heterocycles. The number of rotatable bonds is 6. The number of hydrogen-bond acceptors (Lipinski definition) is 4. The van der Waals surface area contributed by atoms with Crippen LogP contribution in [0.15, 0.2) is 24.3 Å². The minimum absolute atomic E-state index is 0.175. The first kappa shape index (κ1) is 16.2. The predicted molar refractivity (Wildman–Crippen MR) is 76.5 cm³/mol. The van der Waals surface area contributed by atoms with Gasteiger partial charge in [0.15, 0.2) is 0 Å². The molecular weight excluding hydrogens is 256 g/mol. The van der Waals surface area contributed by atoms with E-state index >= 15 is 0 Å². The summed E-state index contributed by atoms with van der Waals surface area (Å²) >= 11 is 0. The van der Waals surface area contributed by atoms with Crippen molar-refractivity contribution < 1.29 is 19.1 Å². The molecule has 0 aliphatic rings. The van der Waals surface area contributed by atoms with Crippen molar-refractivity contribution in [2.75, 3.05) is 13.7 Å².